The van der Waals surface area contributed by atoms with Gasteiger partial charge in [0.1, 0.15) is 17.3 Å². The highest BCUT2D eigenvalue weighted by molar-refractivity contribution is 7.98. The molecule has 0 radical (unpaired) electrons. The fourth-order valence-corrected chi connectivity index (χ4v) is 1.37. The van der Waals surface area contributed by atoms with Crippen molar-refractivity contribution in [3.05, 3.63) is 17.0 Å². The molecule has 0 unspecified atom stereocenters. The third-order valence-electron chi connectivity index (χ3n) is 1.55. The van der Waals surface area contributed by atoms with Crippen molar-refractivity contribution in [3.63, 3.8) is 0 Å². The Morgan fingerprint density at radius 2 is 2.43 bits per heavy atom. The van der Waals surface area contributed by atoms with Crippen LogP contribution in [-0.4, -0.2) is 34.8 Å². The second-order valence-electron chi connectivity index (χ2n) is 2.46. The van der Waals surface area contributed by atoms with Crippen molar-refractivity contribution in [2.75, 3.05) is 23.9 Å². The lowest BCUT2D eigenvalue weighted by molar-refractivity contribution is 0.112. The number of thioether (sulfide) groups is 1. The fourth-order valence-electron chi connectivity index (χ4n) is 0.891. The van der Waals surface area contributed by atoms with Crippen molar-refractivity contribution in [1.29, 1.82) is 0 Å². The van der Waals surface area contributed by atoms with Crippen LogP contribution in [0.2, 0.25) is 5.15 Å². The zero-order valence-corrected chi connectivity index (χ0v) is 9.23. The van der Waals surface area contributed by atoms with E-state index < -0.39 is 0 Å². The molecule has 0 aromatic carbocycles. The lowest BCUT2D eigenvalue weighted by Crippen LogP contribution is -2.08. The van der Waals surface area contributed by atoms with Crippen LogP contribution >= 0.6 is 23.4 Å². The summed E-state index contributed by atoms with van der Waals surface area (Å²) in [5, 5.41) is 3.20. The van der Waals surface area contributed by atoms with Gasteiger partial charge < -0.3 is 5.32 Å². The molecule has 4 nitrogen and oxygen atoms in total. The molecular formula is C8H10ClN3OS. The molecule has 0 spiro atoms. The minimum Gasteiger partial charge on any atom is -0.369 e. The Kier molecular flexibility index (Phi) is 4.69. The average Bonchev–Trinajstić information content (AvgIpc) is 2.18. The van der Waals surface area contributed by atoms with Crippen LogP contribution in [-0.2, 0) is 0 Å². The first kappa shape index (κ1) is 11.3. The second kappa shape index (κ2) is 5.82. The molecule has 1 aromatic rings. The van der Waals surface area contributed by atoms with Crippen molar-refractivity contribution in [2.45, 2.75) is 0 Å². The molecule has 0 amide bonds. The van der Waals surface area contributed by atoms with Crippen LogP contribution in [0.15, 0.2) is 6.33 Å². The molecule has 0 fully saturated rings. The van der Waals surface area contributed by atoms with Gasteiger partial charge >= 0.3 is 0 Å². The maximum absolute atomic E-state index is 10.7. The Bertz CT molecular complexity index is 321. The molecule has 0 saturated heterocycles. The van der Waals surface area contributed by atoms with Crippen LogP contribution in [0.3, 0.4) is 0 Å². The minimum absolute atomic E-state index is 0.182. The molecule has 0 aliphatic rings. The largest absolute Gasteiger partial charge is 0.369 e. The molecule has 0 aliphatic carbocycles. The quantitative estimate of drug-likeness (QED) is 0.475. The fraction of sp³-hybridized carbons (Fsp3) is 0.375. The summed E-state index contributed by atoms with van der Waals surface area (Å²) < 4.78 is 0. The van der Waals surface area contributed by atoms with E-state index in [-0.39, 0.29) is 5.15 Å². The van der Waals surface area contributed by atoms with E-state index >= 15 is 0 Å². The standard InChI is InChI=1S/C8H10ClN3OS/c1-14-3-2-10-8-6(4-13)7(9)11-5-12-8/h4-5H,2-3H2,1H3,(H,10,11,12). The van der Waals surface area contributed by atoms with Crippen molar-refractivity contribution in [1.82, 2.24) is 9.97 Å². The topological polar surface area (TPSA) is 54.9 Å². The van der Waals surface area contributed by atoms with E-state index in [4.69, 9.17) is 11.6 Å². The number of aldehydes is 1. The van der Waals surface area contributed by atoms with Crippen molar-refractivity contribution < 1.29 is 4.79 Å². The summed E-state index contributed by atoms with van der Waals surface area (Å²) in [6, 6.07) is 0. The summed E-state index contributed by atoms with van der Waals surface area (Å²) in [4.78, 5) is 18.3. The number of nitrogens with one attached hydrogen (secondary N) is 1. The first-order valence-corrected chi connectivity index (χ1v) is 5.75. The molecule has 0 aliphatic heterocycles. The molecular weight excluding hydrogens is 222 g/mol. The molecule has 76 valence electrons. The summed E-state index contributed by atoms with van der Waals surface area (Å²) in [6.07, 6.45) is 4.00. The van der Waals surface area contributed by atoms with Gasteiger partial charge in [-0.2, -0.15) is 11.8 Å². The van der Waals surface area contributed by atoms with Gasteiger partial charge in [-0.3, -0.25) is 4.79 Å². The molecule has 1 rings (SSSR count). The summed E-state index contributed by atoms with van der Waals surface area (Å²) in [6.45, 7) is 0.745. The van der Waals surface area contributed by atoms with E-state index in [1.807, 2.05) is 6.26 Å². The predicted molar refractivity (Wildman–Crippen MR) is 59.3 cm³/mol. The molecule has 1 heterocycles. The molecule has 6 heteroatoms. The van der Waals surface area contributed by atoms with Gasteiger partial charge in [0.15, 0.2) is 6.29 Å². The number of rotatable bonds is 5. The number of carbonyl (C=O) groups excluding carboxylic acids is 1. The Morgan fingerprint density at radius 1 is 1.64 bits per heavy atom. The number of anilines is 1. The minimum atomic E-state index is 0.182. The molecule has 1 N–H and O–H groups in total. The van der Waals surface area contributed by atoms with Gasteiger partial charge in [0.25, 0.3) is 0 Å². The highest BCUT2D eigenvalue weighted by atomic mass is 35.5. The number of hydrogen-bond donors (Lipinski definition) is 1. The van der Waals surface area contributed by atoms with E-state index in [0.717, 1.165) is 12.3 Å². The Hall–Kier alpha value is -0.810. The molecule has 14 heavy (non-hydrogen) atoms. The number of carbonyl (C=O) groups is 1. The van der Waals surface area contributed by atoms with E-state index in [1.165, 1.54) is 6.33 Å². The van der Waals surface area contributed by atoms with Crippen molar-refractivity contribution in [3.8, 4) is 0 Å². The van der Waals surface area contributed by atoms with Gasteiger partial charge in [-0.1, -0.05) is 11.6 Å². The van der Waals surface area contributed by atoms with E-state index in [1.54, 1.807) is 11.8 Å². The number of aromatic nitrogens is 2. The monoisotopic (exact) mass is 231 g/mol. The third-order valence-corrected chi connectivity index (χ3v) is 2.47. The number of halogens is 1. The van der Waals surface area contributed by atoms with Crippen LogP contribution in [0, 0.1) is 0 Å². The van der Waals surface area contributed by atoms with Gasteiger partial charge in [-0.15, -0.1) is 0 Å². The third kappa shape index (κ3) is 2.85. The van der Waals surface area contributed by atoms with Gasteiger partial charge in [0.05, 0.1) is 5.56 Å². The summed E-state index contributed by atoms with van der Waals surface area (Å²) >= 11 is 7.43. The summed E-state index contributed by atoms with van der Waals surface area (Å²) in [7, 11) is 0. The smallest absolute Gasteiger partial charge is 0.156 e. The van der Waals surface area contributed by atoms with Crippen LogP contribution in [0.25, 0.3) is 0 Å². The zero-order valence-electron chi connectivity index (χ0n) is 7.66. The highest BCUT2D eigenvalue weighted by Gasteiger charge is 2.07. The Labute approximate surface area is 91.5 Å². The molecule has 1 aromatic heterocycles. The van der Waals surface area contributed by atoms with Gasteiger partial charge in [0.2, 0.25) is 0 Å². The summed E-state index contributed by atoms with van der Waals surface area (Å²) in [5.41, 5.74) is 0.315. The average molecular weight is 232 g/mol. The first-order chi connectivity index (χ1) is 6.79. The van der Waals surface area contributed by atoms with Crippen LogP contribution < -0.4 is 5.32 Å². The number of hydrogen-bond acceptors (Lipinski definition) is 5. The van der Waals surface area contributed by atoms with Gasteiger partial charge in [0, 0.05) is 12.3 Å². The first-order valence-electron chi connectivity index (χ1n) is 3.98. The van der Waals surface area contributed by atoms with Crippen LogP contribution in [0.1, 0.15) is 10.4 Å². The van der Waals surface area contributed by atoms with Gasteiger partial charge in [-0.25, -0.2) is 9.97 Å². The highest BCUT2D eigenvalue weighted by Crippen LogP contribution is 2.16. The Morgan fingerprint density at radius 3 is 3.07 bits per heavy atom. The Balaban J connectivity index is 2.75. The zero-order chi connectivity index (χ0) is 10.4. The van der Waals surface area contributed by atoms with E-state index in [0.29, 0.717) is 17.7 Å². The SMILES string of the molecule is CSCCNc1ncnc(Cl)c1C=O. The predicted octanol–water partition coefficient (Wildman–Crippen LogP) is 1.72. The van der Waals surface area contributed by atoms with E-state index in [9.17, 15) is 4.79 Å². The number of nitrogens with zero attached hydrogens (tertiary/aromatic N) is 2. The van der Waals surface area contributed by atoms with Crippen molar-refractivity contribution in [2.24, 2.45) is 0 Å². The summed E-state index contributed by atoms with van der Waals surface area (Å²) in [5.74, 6) is 1.44. The molecule has 0 bridgehead atoms. The van der Waals surface area contributed by atoms with Crippen molar-refractivity contribution >= 4 is 35.5 Å². The van der Waals surface area contributed by atoms with Crippen LogP contribution in [0.5, 0.6) is 0 Å². The maximum atomic E-state index is 10.7. The normalized spacial score (nSPS) is 9.86. The lowest BCUT2D eigenvalue weighted by Gasteiger charge is -2.06. The maximum Gasteiger partial charge on any atom is 0.156 e. The molecule has 0 atom stereocenters. The second-order valence-corrected chi connectivity index (χ2v) is 3.81. The van der Waals surface area contributed by atoms with Gasteiger partial charge in [-0.05, 0) is 6.26 Å². The van der Waals surface area contributed by atoms with E-state index in [2.05, 4.69) is 15.3 Å². The molecule has 0 saturated carbocycles. The van der Waals surface area contributed by atoms with Crippen LogP contribution in [0.4, 0.5) is 5.82 Å². The lowest BCUT2D eigenvalue weighted by atomic mass is 10.3.